The highest BCUT2D eigenvalue weighted by Crippen LogP contribution is 2.43. The van der Waals surface area contributed by atoms with Crippen LogP contribution in [0.3, 0.4) is 0 Å². The minimum atomic E-state index is -2.60. The fraction of sp³-hybridized carbons (Fsp3) is 0.889. The molecule has 14 heavy (non-hydrogen) atoms. The molecule has 0 unspecified atom stereocenters. The summed E-state index contributed by atoms with van der Waals surface area (Å²) in [5.41, 5.74) is 0. The summed E-state index contributed by atoms with van der Waals surface area (Å²) < 4.78 is 16.9. The van der Waals surface area contributed by atoms with Crippen molar-refractivity contribution < 1.29 is 14.2 Å². The number of rotatable bonds is 7. The maximum absolute atomic E-state index is 11.7. The van der Waals surface area contributed by atoms with Crippen molar-refractivity contribution in [3.8, 4) is 6.07 Å². The molecule has 0 heterocycles. The summed E-state index contributed by atoms with van der Waals surface area (Å²) in [6.45, 7) is 4.07. The van der Waals surface area contributed by atoms with Gasteiger partial charge in [0.05, 0.1) is 12.7 Å². The van der Waals surface area contributed by atoms with Gasteiger partial charge in [-0.25, -0.2) is 0 Å². The maximum Gasteiger partial charge on any atom is 0.200 e. The topological polar surface area (TPSA) is 70.3 Å². The first-order chi connectivity index (χ1) is 6.52. The number of hydrogen-bond donors (Lipinski definition) is 1. The molecule has 0 saturated heterocycles. The number of unbranched alkanes of at least 4 members (excludes halogenated alkanes) is 1. The standard InChI is InChI=1S/C9H18NO3P/c1-3-4-6-13-14(2,12)7-5-9(11)8-10/h9,11H,3-7H2,1-2H3/t9-,14+/m1/s1. The lowest BCUT2D eigenvalue weighted by atomic mass is 10.3. The molecule has 0 amide bonds. The largest absolute Gasteiger partial charge is 0.378 e. The van der Waals surface area contributed by atoms with Crippen molar-refractivity contribution in [3.63, 3.8) is 0 Å². The van der Waals surface area contributed by atoms with Crippen LogP contribution >= 0.6 is 7.37 Å². The summed E-state index contributed by atoms with van der Waals surface area (Å²) in [6.07, 6.45) is 1.35. The molecule has 0 bridgehead atoms. The lowest BCUT2D eigenvalue weighted by molar-refractivity contribution is 0.223. The minimum Gasteiger partial charge on any atom is -0.378 e. The number of hydrogen-bond acceptors (Lipinski definition) is 4. The molecule has 0 radical (unpaired) electrons. The first kappa shape index (κ1) is 13.6. The van der Waals surface area contributed by atoms with E-state index in [0.29, 0.717) is 6.61 Å². The maximum atomic E-state index is 11.7. The molecule has 0 aromatic rings. The molecule has 0 aliphatic rings. The van der Waals surface area contributed by atoms with E-state index >= 15 is 0 Å². The monoisotopic (exact) mass is 219 g/mol. The highest BCUT2D eigenvalue weighted by Gasteiger charge is 2.17. The number of nitrogens with zero attached hydrogens (tertiary/aromatic N) is 1. The Morgan fingerprint density at radius 3 is 2.79 bits per heavy atom. The Bertz CT molecular complexity index is 237. The van der Waals surface area contributed by atoms with Crippen molar-refractivity contribution in [2.75, 3.05) is 19.4 Å². The van der Waals surface area contributed by atoms with Gasteiger partial charge in [0.2, 0.25) is 0 Å². The van der Waals surface area contributed by atoms with E-state index in [2.05, 4.69) is 0 Å². The van der Waals surface area contributed by atoms with Crippen molar-refractivity contribution in [2.45, 2.75) is 32.3 Å². The van der Waals surface area contributed by atoms with Crippen LogP contribution in [0.1, 0.15) is 26.2 Å². The quantitative estimate of drug-likeness (QED) is 0.404. The molecular weight excluding hydrogens is 201 g/mol. The third-order valence-electron chi connectivity index (χ3n) is 1.82. The summed E-state index contributed by atoms with van der Waals surface area (Å²) >= 11 is 0. The molecule has 0 rings (SSSR count). The molecule has 0 aromatic heterocycles. The van der Waals surface area contributed by atoms with E-state index in [9.17, 15) is 4.57 Å². The molecule has 0 aliphatic heterocycles. The molecule has 0 aliphatic carbocycles. The second-order valence-corrected chi connectivity index (χ2v) is 6.09. The van der Waals surface area contributed by atoms with Gasteiger partial charge in [0.1, 0.15) is 6.10 Å². The van der Waals surface area contributed by atoms with Crippen LogP contribution in [0.5, 0.6) is 0 Å². The van der Waals surface area contributed by atoms with Gasteiger partial charge in [-0.1, -0.05) is 13.3 Å². The van der Waals surface area contributed by atoms with E-state index in [1.54, 1.807) is 12.7 Å². The summed E-state index contributed by atoms with van der Waals surface area (Å²) in [4.78, 5) is 0. The Morgan fingerprint density at radius 2 is 2.29 bits per heavy atom. The number of aliphatic hydroxyl groups excluding tert-OH is 1. The summed E-state index contributed by atoms with van der Waals surface area (Å²) in [7, 11) is -2.60. The summed E-state index contributed by atoms with van der Waals surface area (Å²) in [6, 6.07) is 1.68. The van der Waals surface area contributed by atoms with Gasteiger partial charge in [0.25, 0.3) is 0 Å². The van der Waals surface area contributed by atoms with E-state index < -0.39 is 13.5 Å². The van der Waals surface area contributed by atoms with Crippen LogP contribution in [0.4, 0.5) is 0 Å². The average Bonchev–Trinajstić information content (AvgIpc) is 2.14. The molecule has 2 atom stereocenters. The van der Waals surface area contributed by atoms with Crippen LogP contribution in [0.25, 0.3) is 0 Å². The van der Waals surface area contributed by atoms with Crippen LogP contribution in [0.15, 0.2) is 0 Å². The Labute approximate surface area is 85.3 Å². The van der Waals surface area contributed by atoms with Gasteiger partial charge in [0, 0.05) is 12.8 Å². The second-order valence-electron chi connectivity index (χ2n) is 3.36. The number of nitriles is 1. The zero-order valence-electron chi connectivity index (χ0n) is 8.77. The Morgan fingerprint density at radius 1 is 1.64 bits per heavy atom. The first-order valence-corrected chi connectivity index (χ1v) is 7.06. The van der Waals surface area contributed by atoms with E-state index in [4.69, 9.17) is 14.9 Å². The predicted octanol–water partition coefficient (Wildman–Crippen LogP) is 1.99. The van der Waals surface area contributed by atoms with E-state index in [-0.39, 0.29) is 12.6 Å². The lowest BCUT2D eigenvalue weighted by Crippen LogP contribution is -2.06. The molecule has 4 nitrogen and oxygen atoms in total. The normalized spacial score (nSPS) is 17.0. The van der Waals surface area contributed by atoms with Gasteiger partial charge in [-0.2, -0.15) is 5.26 Å². The Hall–Kier alpha value is -0.360. The van der Waals surface area contributed by atoms with Crippen LogP contribution in [-0.4, -0.2) is 30.6 Å². The van der Waals surface area contributed by atoms with Crippen LogP contribution < -0.4 is 0 Å². The zero-order valence-corrected chi connectivity index (χ0v) is 9.67. The highest BCUT2D eigenvalue weighted by atomic mass is 31.2. The van der Waals surface area contributed by atoms with E-state index in [1.807, 2.05) is 6.92 Å². The summed E-state index contributed by atoms with van der Waals surface area (Å²) in [5.74, 6) is 0. The fourth-order valence-electron chi connectivity index (χ4n) is 0.888. The van der Waals surface area contributed by atoms with Crippen molar-refractivity contribution in [1.82, 2.24) is 0 Å². The molecular formula is C9H18NO3P. The van der Waals surface area contributed by atoms with Crippen molar-refractivity contribution in [1.29, 1.82) is 5.26 Å². The van der Waals surface area contributed by atoms with Crippen LogP contribution in [0.2, 0.25) is 0 Å². The second kappa shape index (κ2) is 7.00. The van der Waals surface area contributed by atoms with Crippen molar-refractivity contribution in [3.05, 3.63) is 0 Å². The summed E-state index contributed by atoms with van der Waals surface area (Å²) in [5, 5.41) is 17.3. The Kier molecular flexibility index (Phi) is 6.82. The minimum absolute atomic E-state index is 0.219. The van der Waals surface area contributed by atoms with Gasteiger partial charge in [-0.15, -0.1) is 0 Å². The third kappa shape index (κ3) is 7.08. The van der Waals surface area contributed by atoms with Crippen LogP contribution in [0, 0.1) is 11.3 Å². The molecule has 0 aromatic carbocycles. The van der Waals surface area contributed by atoms with Gasteiger partial charge in [0.15, 0.2) is 7.37 Å². The number of aliphatic hydroxyl groups is 1. The molecule has 82 valence electrons. The first-order valence-electron chi connectivity index (χ1n) is 4.80. The van der Waals surface area contributed by atoms with Crippen LogP contribution in [-0.2, 0) is 9.09 Å². The smallest absolute Gasteiger partial charge is 0.200 e. The molecule has 5 heteroatoms. The Balaban J connectivity index is 3.73. The molecule has 0 spiro atoms. The molecule has 0 fully saturated rings. The van der Waals surface area contributed by atoms with Gasteiger partial charge in [-0.05, 0) is 12.8 Å². The average molecular weight is 219 g/mol. The fourth-order valence-corrected chi connectivity index (χ4v) is 2.25. The zero-order chi connectivity index (χ0) is 11.0. The van der Waals surface area contributed by atoms with Gasteiger partial charge >= 0.3 is 0 Å². The third-order valence-corrected chi connectivity index (χ3v) is 3.62. The van der Waals surface area contributed by atoms with Crippen molar-refractivity contribution >= 4 is 7.37 Å². The SMILES string of the molecule is CCCCO[P@](C)(=O)CC[C@@H](O)C#N. The molecule has 0 saturated carbocycles. The predicted molar refractivity (Wildman–Crippen MR) is 55.5 cm³/mol. The van der Waals surface area contributed by atoms with Gasteiger partial charge < -0.3 is 9.63 Å². The lowest BCUT2D eigenvalue weighted by Gasteiger charge is -2.13. The van der Waals surface area contributed by atoms with Gasteiger partial charge in [-0.3, -0.25) is 4.57 Å². The molecule has 1 N–H and O–H groups in total. The van der Waals surface area contributed by atoms with E-state index in [0.717, 1.165) is 12.8 Å². The van der Waals surface area contributed by atoms with Crippen molar-refractivity contribution in [2.24, 2.45) is 0 Å². The van der Waals surface area contributed by atoms with E-state index in [1.165, 1.54) is 0 Å². The highest BCUT2D eigenvalue weighted by molar-refractivity contribution is 7.58.